The summed E-state index contributed by atoms with van der Waals surface area (Å²) >= 11 is 0. The number of ether oxygens (including phenoxy) is 1. The lowest BCUT2D eigenvalue weighted by Gasteiger charge is -2.11. The number of carboxylic acids is 1. The number of hydrogen-bond donors (Lipinski definition) is 1. The fourth-order valence-electron chi connectivity index (χ4n) is 1.97. The molecule has 0 radical (unpaired) electrons. The largest absolute Gasteiger partial charge is 0.480 e. The van der Waals surface area contributed by atoms with E-state index >= 15 is 0 Å². The highest BCUT2D eigenvalue weighted by Gasteiger charge is 2.29. The van der Waals surface area contributed by atoms with Crippen molar-refractivity contribution in [3.8, 4) is 11.4 Å². The quantitative estimate of drug-likeness (QED) is 0.882. The topological polar surface area (TPSA) is 77.2 Å². The second kappa shape index (κ2) is 4.72. The maximum atomic E-state index is 10.6. The molecule has 0 bridgehead atoms. The minimum absolute atomic E-state index is 0.363. The van der Waals surface area contributed by atoms with Crippen LogP contribution in [0.4, 0.5) is 0 Å². The molecule has 1 aliphatic carbocycles. The zero-order valence-corrected chi connectivity index (χ0v) is 10.2. The molecule has 1 aromatic carbocycles. The Balaban J connectivity index is 1.94. The highest BCUT2D eigenvalue weighted by atomic mass is 16.5. The van der Waals surface area contributed by atoms with Crippen molar-refractivity contribution in [2.24, 2.45) is 0 Å². The number of aromatic nitrogens is 3. The second-order valence-electron chi connectivity index (χ2n) is 4.48. The molecule has 0 saturated heterocycles. The number of para-hydroxylation sites is 2. The van der Waals surface area contributed by atoms with Crippen molar-refractivity contribution in [2.75, 3.05) is 6.61 Å². The van der Waals surface area contributed by atoms with Crippen LogP contribution in [0, 0.1) is 0 Å². The Morgan fingerprint density at radius 3 is 2.95 bits per heavy atom. The Hall–Kier alpha value is -2.37. The van der Waals surface area contributed by atoms with Gasteiger partial charge in [0.2, 0.25) is 0 Å². The highest BCUT2D eigenvalue weighted by molar-refractivity contribution is 5.68. The maximum absolute atomic E-state index is 10.6. The van der Waals surface area contributed by atoms with E-state index in [1.807, 2.05) is 22.8 Å². The molecule has 3 rings (SSSR count). The summed E-state index contributed by atoms with van der Waals surface area (Å²) in [7, 11) is 0. The van der Waals surface area contributed by atoms with Crippen LogP contribution in [0.25, 0.3) is 5.69 Å². The van der Waals surface area contributed by atoms with Gasteiger partial charge in [0.05, 0.1) is 5.69 Å². The number of carbonyl (C=O) groups is 1. The van der Waals surface area contributed by atoms with Crippen molar-refractivity contribution in [1.82, 2.24) is 14.8 Å². The molecule has 0 spiro atoms. The third-order valence-electron chi connectivity index (χ3n) is 2.99. The number of aliphatic carboxylic acids is 1. The number of benzene rings is 1. The van der Waals surface area contributed by atoms with E-state index in [9.17, 15) is 4.79 Å². The van der Waals surface area contributed by atoms with Crippen LogP contribution in [0.3, 0.4) is 0 Å². The fourth-order valence-corrected chi connectivity index (χ4v) is 1.97. The van der Waals surface area contributed by atoms with Crippen LogP contribution in [0.2, 0.25) is 0 Å². The van der Waals surface area contributed by atoms with Crippen molar-refractivity contribution >= 4 is 5.97 Å². The number of nitrogens with zero attached hydrogens (tertiary/aromatic N) is 3. The third-order valence-corrected chi connectivity index (χ3v) is 2.99. The fraction of sp³-hybridized carbons (Fsp3) is 0.308. The van der Waals surface area contributed by atoms with Crippen molar-refractivity contribution < 1.29 is 14.6 Å². The van der Waals surface area contributed by atoms with Crippen molar-refractivity contribution in [3.63, 3.8) is 0 Å². The molecule has 6 heteroatoms. The van der Waals surface area contributed by atoms with Gasteiger partial charge in [0.1, 0.15) is 17.9 Å². The predicted molar refractivity (Wildman–Crippen MR) is 66.5 cm³/mol. The van der Waals surface area contributed by atoms with Gasteiger partial charge in [0.25, 0.3) is 0 Å². The molecular formula is C13H13N3O3. The van der Waals surface area contributed by atoms with Gasteiger partial charge in [0, 0.05) is 5.92 Å². The Kier molecular flexibility index (Phi) is 2.91. The first-order valence-electron chi connectivity index (χ1n) is 6.09. The summed E-state index contributed by atoms with van der Waals surface area (Å²) in [5.74, 6) is 0.883. The average Bonchev–Trinajstić information content (AvgIpc) is 3.14. The van der Waals surface area contributed by atoms with E-state index in [4.69, 9.17) is 9.84 Å². The van der Waals surface area contributed by atoms with E-state index in [-0.39, 0.29) is 6.61 Å². The van der Waals surface area contributed by atoms with Crippen LogP contribution in [-0.2, 0) is 4.79 Å². The van der Waals surface area contributed by atoms with Crippen LogP contribution in [0.5, 0.6) is 5.75 Å². The van der Waals surface area contributed by atoms with Gasteiger partial charge in [0.15, 0.2) is 6.61 Å². The Bertz CT molecular complexity index is 605. The SMILES string of the molecule is O=C(O)COc1ccccc1-n1cnnc1C1CC1. The lowest BCUT2D eigenvalue weighted by atomic mass is 10.2. The van der Waals surface area contributed by atoms with Crippen LogP contribution < -0.4 is 4.74 Å². The molecule has 1 N–H and O–H groups in total. The summed E-state index contributed by atoms with van der Waals surface area (Å²) in [4.78, 5) is 10.6. The summed E-state index contributed by atoms with van der Waals surface area (Å²) in [6.45, 7) is -0.363. The Morgan fingerprint density at radius 2 is 2.21 bits per heavy atom. The molecule has 1 saturated carbocycles. The summed E-state index contributed by atoms with van der Waals surface area (Å²) < 4.78 is 7.17. The average molecular weight is 259 g/mol. The minimum atomic E-state index is -0.999. The van der Waals surface area contributed by atoms with Crippen molar-refractivity contribution in [1.29, 1.82) is 0 Å². The second-order valence-corrected chi connectivity index (χ2v) is 4.48. The van der Waals surface area contributed by atoms with E-state index in [0.29, 0.717) is 11.7 Å². The lowest BCUT2D eigenvalue weighted by molar-refractivity contribution is -0.139. The summed E-state index contributed by atoms with van der Waals surface area (Å²) in [6, 6.07) is 7.29. The van der Waals surface area contributed by atoms with Gasteiger partial charge in [-0.3, -0.25) is 4.57 Å². The summed E-state index contributed by atoms with van der Waals surface area (Å²) in [5.41, 5.74) is 0.774. The number of carboxylic acid groups (broad SMARTS) is 1. The predicted octanol–water partition coefficient (Wildman–Crippen LogP) is 1.61. The molecule has 0 amide bonds. The van der Waals surface area contributed by atoms with Gasteiger partial charge >= 0.3 is 5.97 Å². The monoisotopic (exact) mass is 259 g/mol. The van der Waals surface area contributed by atoms with Gasteiger partial charge in [-0.2, -0.15) is 0 Å². The highest BCUT2D eigenvalue weighted by Crippen LogP contribution is 2.40. The van der Waals surface area contributed by atoms with Crippen molar-refractivity contribution in [2.45, 2.75) is 18.8 Å². The minimum Gasteiger partial charge on any atom is -0.480 e. The standard InChI is InChI=1S/C13H13N3O3/c17-12(18)7-19-11-4-2-1-3-10(11)16-8-14-15-13(16)9-5-6-9/h1-4,8-9H,5-7H2,(H,17,18). The summed E-state index contributed by atoms with van der Waals surface area (Å²) in [6.07, 6.45) is 3.88. The first kappa shape index (κ1) is 11.7. The van der Waals surface area contributed by atoms with Gasteiger partial charge in [-0.25, -0.2) is 4.79 Å². The molecular weight excluding hydrogens is 246 g/mol. The normalized spacial score (nSPS) is 14.3. The molecule has 0 unspecified atom stereocenters. The third kappa shape index (κ3) is 2.42. The van der Waals surface area contributed by atoms with E-state index in [2.05, 4.69) is 10.2 Å². The van der Waals surface area contributed by atoms with Gasteiger partial charge in [-0.15, -0.1) is 10.2 Å². The summed E-state index contributed by atoms with van der Waals surface area (Å²) in [5, 5.41) is 16.8. The Morgan fingerprint density at radius 1 is 1.42 bits per heavy atom. The van der Waals surface area contributed by atoms with Crippen LogP contribution in [0.1, 0.15) is 24.6 Å². The molecule has 2 aromatic rings. The molecule has 1 aromatic heterocycles. The molecule has 0 atom stereocenters. The van der Waals surface area contributed by atoms with E-state index in [1.54, 1.807) is 12.4 Å². The van der Waals surface area contributed by atoms with E-state index in [0.717, 1.165) is 24.4 Å². The molecule has 1 aliphatic rings. The van der Waals surface area contributed by atoms with Gasteiger partial charge < -0.3 is 9.84 Å². The smallest absolute Gasteiger partial charge is 0.341 e. The van der Waals surface area contributed by atoms with Gasteiger partial charge in [-0.05, 0) is 25.0 Å². The molecule has 1 heterocycles. The first-order chi connectivity index (χ1) is 9.25. The zero-order valence-electron chi connectivity index (χ0n) is 10.2. The lowest BCUT2D eigenvalue weighted by Crippen LogP contribution is -2.11. The number of hydrogen-bond acceptors (Lipinski definition) is 4. The number of rotatable bonds is 5. The maximum Gasteiger partial charge on any atom is 0.341 e. The van der Waals surface area contributed by atoms with Crippen molar-refractivity contribution in [3.05, 3.63) is 36.4 Å². The zero-order chi connectivity index (χ0) is 13.2. The molecule has 19 heavy (non-hydrogen) atoms. The van der Waals surface area contributed by atoms with Crippen LogP contribution in [0.15, 0.2) is 30.6 Å². The molecule has 1 fully saturated rings. The molecule has 98 valence electrons. The van der Waals surface area contributed by atoms with Gasteiger partial charge in [-0.1, -0.05) is 12.1 Å². The van der Waals surface area contributed by atoms with Crippen LogP contribution in [-0.4, -0.2) is 32.4 Å². The first-order valence-corrected chi connectivity index (χ1v) is 6.09. The van der Waals surface area contributed by atoms with E-state index in [1.165, 1.54) is 0 Å². The van der Waals surface area contributed by atoms with Crippen LogP contribution >= 0.6 is 0 Å². The molecule has 6 nitrogen and oxygen atoms in total. The molecule has 0 aliphatic heterocycles. The Labute approximate surface area is 109 Å². The van der Waals surface area contributed by atoms with E-state index < -0.39 is 5.97 Å².